The van der Waals surface area contributed by atoms with Crippen molar-refractivity contribution < 1.29 is 14.8 Å². The first-order valence-electron chi connectivity index (χ1n) is 18.7. The molecule has 0 aliphatic heterocycles. The van der Waals surface area contributed by atoms with E-state index in [1.807, 2.05) is 75.8 Å². The number of hydrogen-bond donors (Lipinski definition) is 2. The second-order valence-electron chi connectivity index (χ2n) is 13.6. The Morgan fingerprint density at radius 2 is 1.17 bits per heavy atom. The summed E-state index contributed by atoms with van der Waals surface area (Å²) in [6, 6.07) is 33.6. The van der Waals surface area contributed by atoms with Gasteiger partial charge in [-0.15, -0.1) is 0 Å². The first-order valence-corrected chi connectivity index (χ1v) is 20.9. The minimum atomic E-state index is -1.34. The molecule has 3 aromatic carbocycles. The molecular weight excluding hydrogens is 738 g/mol. The smallest absolute Gasteiger partial charge is 0.488 e. The summed E-state index contributed by atoms with van der Waals surface area (Å²) in [5.74, 6) is 1.17. The van der Waals surface area contributed by atoms with E-state index in [0.717, 1.165) is 21.6 Å². The molecular formula is C45H59BBrN2O3P. The normalized spacial score (nSPS) is 14.2. The third kappa shape index (κ3) is 14.8. The molecule has 2 N–H and O–H groups in total. The zero-order valence-electron chi connectivity index (χ0n) is 31.3. The van der Waals surface area contributed by atoms with Gasteiger partial charge in [-0.2, -0.15) is 0 Å². The highest BCUT2D eigenvalue weighted by molar-refractivity contribution is 9.10. The van der Waals surface area contributed by atoms with Crippen molar-refractivity contribution >= 4 is 41.7 Å². The zero-order valence-corrected chi connectivity index (χ0v) is 33.8. The molecule has 0 spiro atoms. The highest BCUT2D eigenvalue weighted by Crippen LogP contribution is 2.56. The Hall–Kier alpha value is -3.35. The molecule has 2 fully saturated rings. The summed E-state index contributed by atoms with van der Waals surface area (Å²) in [4.78, 5) is 8.34. The Labute approximate surface area is 329 Å². The van der Waals surface area contributed by atoms with E-state index in [1.165, 1.54) is 92.2 Å². The number of hydrogen-bond acceptors (Lipinski definition) is 5. The number of halogens is 1. The molecule has 0 atom stereocenters. The number of nitrogens with zero attached hydrogens (tertiary/aromatic N) is 2. The molecule has 2 aliphatic rings. The summed E-state index contributed by atoms with van der Waals surface area (Å²) in [7, 11) is 0.449. The summed E-state index contributed by atoms with van der Waals surface area (Å²) in [5, 5.41) is 18.8. The molecule has 8 heteroatoms. The van der Waals surface area contributed by atoms with Crippen molar-refractivity contribution in [1.82, 2.24) is 9.97 Å². The quantitative estimate of drug-likeness (QED) is 0.102. The van der Waals surface area contributed by atoms with Crippen molar-refractivity contribution in [2.75, 3.05) is 7.11 Å². The number of ether oxygens (including phenoxy) is 1. The van der Waals surface area contributed by atoms with Crippen LogP contribution in [0.1, 0.15) is 88.3 Å². The summed E-state index contributed by atoms with van der Waals surface area (Å²) in [5.41, 5.74) is 8.48. The van der Waals surface area contributed by atoms with Crippen molar-refractivity contribution in [3.8, 4) is 17.0 Å². The average Bonchev–Trinajstić information content (AvgIpc) is 3.19. The Kier molecular flexibility index (Phi) is 20.1. The maximum atomic E-state index is 8.58. The maximum absolute atomic E-state index is 8.58. The van der Waals surface area contributed by atoms with Gasteiger partial charge in [-0.25, -0.2) is 4.98 Å². The van der Waals surface area contributed by atoms with Gasteiger partial charge in [0.15, 0.2) is 0 Å². The standard InChI is InChI=1S/C20H31OP.C12H11N.C6H7BO2.C6H6BrN.CH4/c1-16-10-9-15-19(21-2)20(16)22(17-11-5-3-6-12-17)18-13-7-4-8-14-18;1-10-7-8-12(13-9-10)11-5-3-2-4-6-11;8-7(9)6-4-2-1-3-5-6;1-5-2-3-6(7)8-4-5;/h9-10,15,17-18H,3-8,11-14H2,1-2H3;2-9H,1H3;1-5,8-9H;2-4H,1H3;1H4. The van der Waals surface area contributed by atoms with E-state index in [9.17, 15) is 0 Å². The highest BCUT2D eigenvalue weighted by Gasteiger charge is 2.34. The van der Waals surface area contributed by atoms with Gasteiger partial charge in [-0.3, -0.25) is 4.98 Å². The second kappa shape index (κ2) is 24.1. The second-order valence-corrected chi connectivity index (χ2v) is 17.2. The lowest BCUT2D eigenvalue weighted by atomic mass is 9.81. The summed E-state index contributed by atoms with van der Waals surface area (Å²) in [6.45, 7) is 6.36. The van der Waals surface area contributed by atoms with Crippen LogP contribution in [0.3, 0.4) is 0 Å². The van der Waals surface area contributed by atoms with Crippen LogP contribution in [0.2, 0.25) is 0 Å². The molecule has 5 aromatic rings. The van der Waals surface area contributed by atoms with Crippen molar-refractivity contribution in [2.45, 2.75) is 104 Å². The fourth-order valence-corrected chi connectivity index (χ4v) is 11.1. The van der Waals surface area contributed by atoms with Crippen molar-refractivity contribution in [3.05, 3.63) is 137 Å². The molecule has 0 amide bonds. The molecule has 282 valence electrons. The largest absolute Gasteiger partial charge is 0.496 e. The van der Waals surface area contributed by atoms with Gasteiger partial charge in [0, 0.05) is 23.3 Å². The molecule has 0 bridgehead atoms. The van der Waals surface area contributed by atoms with Crippen LogP contribution in [-0.4, -0.2) is 45.6 Å². The number of methoxy groups -OCH3 is 1. The van der Waals surface area contributed by atoms with Crippen molar-refractivity contribution in [2.24, 2.45) is 0 Å². The minimum absolute atomic E-state index is 0. The van der Waals surface area contributed by atoms with Crippen LogP contribution in [-0.2, 0) is 0 Å². The minimum Gasteiger partial charge on any atom is -0.496 e. The molecule has 2 saturated carbocycles. The molecule has 0 radical (unpaired) electrons. The SMILES string of the molecule is C.COc1cccc(C)c1P(C1CCCCC1)C1CCCCC1.Cc1ccc(-c2ccccc2)nc1.Cc1ccc(Br)nc1.OB(O)c1ccccc1. The van der Waals surface area contributed by atoms with Gasteiger partial charge in [0.05, 0.1) is 12.8 Å². The summed E-state index contributed by atoms with van der Waals surface area (Å²) < 4.78 is 6.70. The molecule has 0 saturated heterocycles. The predicted molar refractivity (Wildman–Crippen MR) is 232 cm³/mol. The molecule has 2 aromatic heterocycles. The molecule has 53 heavy (non-hydrogen) atoms. The van der Waals surface area contributed by atoms with Crippen LogP contribution in [0, 0.1) is 20.8 Å². The first-order chi connectivity index (χ1) is 25.3. The Morgan fingerprint density at radius 1 is 0.642 bits per heavy atom. The van der Waals surface area contributed by atoms with Crippen LogP contribution in [0.25, 0.3) is 11.3 Å². The fourth-order valence-electron chi connectivity index (χ4n) is 6.83. The average molecular weight is 798 g/mol. The van der Waals surface area contributed by atoms with Gasteiger partial charge >= 0.3 is 7.12 Å². The van der Waals surface area contributed by atoms with Gasteiger partial charge in [-0.05, 0) is 114 Å². The number of aryl methyl sites for hydroxylation is 3. The van der Waals surface area contributed by atoms with E-state index >= 15 is 0 Å². The first kappa shape index (κ1) is 44.1. The highest BCUT2D eigenvalue weighted by atomic mass is 79.9. The van der Waals surface area contributed by atoms with Gasteiger partial charge in [0.25, 0.3) is 0 Å². The van der Waals surface area contributed by atoms with Crippen molar-refractivity contribution in [1.29, 1.82) is 0 Å². The molecule has 0 unspecified atom stereocenters. The third-order valence-corrected chi connectivity index (χ3v) is 13.7. The van der Waals surface area contributed by atoms with Gasteiger partial charge in [-0.1, -0.05) is 139 Å². The van der Waals surface area contributed by atoms with Crippen LogP contribution >= 0.6 is 23.9 Å². The van der Waals surface area contributed by atoms with E-state index in [0.29, 0.717) is 5.46 Å². The Morgan fingerprint density at radius 3 is 1.60 bits per heavy atom. The van der Waals surface area contributed by atoms with E-state index in [4.69, 9.17) is 14.8 Å². The Balaban J connectivity index is 0.000000207. The fraction of sp³-hybridized carbons (Fsp3) is 0.378. The monoisotopic (exact) mass is 796 g/mol. The number of aromatic nitrogens is 2. The van der Waals surface area contributed by atoms with Crippen LogP contribution in [0.15, 0.2) is 120 Å². The number of pyridine rings is 2. The summed E-state index contributed by atoms with van der Waals surface area (Å²) >= 11 is 3.23. The van der Waals surface area contributed by atoms with E-state index in [-0.39, 0.29) is 15.3 Å². The zero-order chi connectivity index (χ0) is 37.1. The van der Waals surface area contributed by atoms with Crippen LogP contribution < -0.4 is 15.5 Å². The number of rotatable bonds is 6. The Bertz CT molecular complexity index is 1660. The van der Waals surface area contributed by atoms with Gasteiger partial charge < -0.3 is 14.8 Å². The van der Waals surface area contributed by atoms with Crippen LogP contribution in [0.5, 0.6) is 5.75 Å². The lowest BCUT2D eigenvalue weighted by Crippen LogP contribution is -2.29. The maximum Gasteiger partial charge on any atom is 0.488 e. The predicted octanol–water partition coefficient (Wildman–Crippen LogP) is 11.0. The molecule has 5 nitrogen and oxygen atoms in total. The molecule has 2 aliphatic carbocycles. The van der Waals surface area contributed by atoms with Crippen LogP contribution in [0.4, 0.5) is 0 Å². The number of benzene rings is 3. The summed E-state index contributed by atoms with van der Waals surface area (Å²) in [6.07, 6.45) is 18.2. The topological polar surface area (TPSA) is 75.5 Å². The van der Waals surface area contributed by atoms with E-state index in [2.05, 4.69) is 69.2 Å². The van der Waals surface area contributed by atoms with E-state index in [1.54, 1.807) is 29.6 Å². The van der Waals surface area contributed by atoms with E-state index < -0.39 is 7.12 Å². The lowest BCUT2D eigenvalue weighted by molar-refractivity contribution is 0.417. The van der Waals surface area contributed by atoms with Gasteiger partial charge in [0.2, 0.25) is 0 Å². The molecule has 2 heterocycles. The third-order valence-electron chi connectivity index (χ3n) is 9.57. The lowest BCUT2D eigenvalue weighted by Gasteiger charge is -2.39. The molecule has 7 rings (SSSR count). The van der Waals surface area contributed by atoms with Crippen molar-refractivity contribution in [3.63, 3.8) is 0 Å². The van der Waals surface area contributed by atoms with Gasteiger partial charge in [0.1, 0.15) is 10.4 Å².